The molecule has 1 atom stereocenters. The molecule has 0 aliphatic carbocycles. The van der Waals surface area contributed by atoms with E-state index in [-0.39, 0.29) is 0 Å². The second-order valence-corrected chi connectivity index (χ2v) is 4.17. The van der Waals surface area contributed by atoms with Crippen LogP contribution in [0.25, 0.3) is 0 Å². The van der Waals surface area contributed by atoms with Crippen molar-refractivity contribution in [2.75, 3.05) is 0 Å². The molecular formula is C9H9ClI. The smallest absolute Gasteiger partial charge is 0.0409 e. The van der Waals surface area contributed by atoms with Crippen molar-refractivity contribution in [1.29, 1.82) is 0 Å². The molecule has 1 rings (SSSR count). The number of hydrogen-bond acceptors (Lipinski definition) is 0. The molecule has 1 aromatic rings. The van der Waals surface area contributed by atoms with E-state index in [0.717, 1.165) is 5.02 Å². The van der Waals surface area contributed by atoms with E-state index in [0.29, 0.717) is 5.92 Å². The van der Waals surface area contributed by atoms with Crippen LogP contribution in [0.3, 0.4) is 0 Å². The van der Waals surface area contributed by atoms with Gasteiger partial charge in [-0.2, -0.15) is 0 Å². The number of rotatable bonds is 1. The van der Waals surface area contributed by atoms with Gasteiger partial charge in [-0.25, -0.2) is 0 Å². The van der Waals surface area contributed by atoms with E-state index in [1.165, 1.54) is 9.13 Å². The second kappa shape index (κ2) is 3.76. The lowest BCUT2D eigenvalue weighted by Gasteiger charge is -2.07. The van der Waals surface area contributed by atoms with Crippen LogP contribution in [-0.2, 0) is 0 Å². The molecule has 0 spiro atoms. The molecule has 0 saturated carbocycles. The molecule has 0 nitrogen and oxygen atoms in total. The lowest BCUT2D eigenvalue weighted by Crippen LogP contribution is -1.90. The SMILES string of the molecule is [CH2]C(C)c1cc(Cl)ccc1I. The average Bonchev–Trinajstić information content (AvgIpc) is 1.94. The van der Waals surface area contributed by atoms with E-state index >= 15 is 0 Å². The highest BCUT2D eigenvalue weighted by Gasteiger charge is 2.03. The molecule has 0 amide bonds. The van der Waals surface area contributed by atoms with Gasteiger partial charge in [0.15, 0.2) is 0 Å². The van der Waals surface area contributed by atoms with Crippen molar-refractivity contribution in [1.82, 2.24) is 0 Å². The van der Waals surface area contributed by atoms with Gasteiger partial charge in [0.25, 0.3) is 0 Å². The minimum atomic E-state index is 0.306. The Bertz CT molecular complexity index is 256. The molecule has 0 N–H and O–H groups in total. The summed E-state index contributed by atoms with van der Waals surface area (Å²) in [6.07, 6.45) is 0. The first-order valence-electron chi connectivity index (χ1n) is 3.39. The van der Waals surface area contributed by atoms with Crippen molar-refractivity contribution in [3.63, 3.8) is 0 Å². The molecule has 0 fully saturated rings. The van der Waals surface area contributed by atoms with Crippen LogP contribution in [0.1, 0.15) is 18.4 Å². The Morgan fingerprint density at radius 1 is 1.55 bits per heavy atom. The van der Waals surface area contributed by atoms with Crippen LogP contribution in [-0.4, -0.2) is 0 Å². The molecule has 1 aromatic carbocycles. The standard InChI is InChI=1S/C9H9ClI/c1-6(2)8-5-7(10)3-4-9(8)11/h3-6H,1H2,2H3. The van der Waals surface area contributed by atoms with Crippen LogP contribution in [0.4, 0.5) is 0 Å². The van der Waals surface area contributed by atoms with E-state index in [1.807, 2.05) is 18.2 Å². The van der Waals surface area contributed by atoms with Crippen LogP contribution in [0.2, 0.25) is 5.02 Å². The molecule has 0 aliphatic heterocycles. The Morgan fingerprint density at radius 2 is 2.18 bits per heavy atom. The minimum Gasteiger partial charge on any atom is -0.0843 e. The maximum atomic E-state index is 5.83. The average molecular weight is 280 g/mol. The van der Waals surface area contributed by atoms with Crippen molar-refractivity contribution >= 4 is 34.2 Å². The Hall–Kier alpha value is 0.240. The van der Waals surface area contributed by atoms with Gasteiger partial charge in [0.1, 0.15) is 0 Å². The molecule has 0 saturated heterocycles. The van der Waals surface area contributed by atoms with Gasteiger partial charge in [-0.05, 0) is 59.2 Å². The lowest BCUT2D eigenvalue weighted by molar-refractivity contribution is 0.956. The summed E-state index contributed by atoms with van der Waals surface area (Å²) >= 11 is 8.12. The third-order valence-electron chi connectivity index (χ3n) is 1.49. The normalized spacial score (nSPS) is 10.6. The van der Waals surface area contributed by atoms with Crippen molar-refractivity contribution < 1.29 is 0 Å². The predicted molar refractivity (Wildman–Crippen MR) is 57.9 cm³/mol. The molecule has 11 heavy (non-hydrogen) atoms. The largest absolute Gasteiger partial charge is 0.0843 e. The molecule has 0 heterocycles. The van der Waals surface area contributed by atoms with Crippen LogP contribution in [0, 0.1) is 10.5 Å². The predicted octanol–water partition coefficient (Wildman–Crippen LogP) is 3.88. The van der Waals surface area contributed by atoms with E-state index in [9.17, 15) is 0 Å². The number of benzene rings is 1. The topological polar surface area (TPSA) is 0 Å². The quantitative estimate of drug-likeness (QED) is 0.684. The lowest BCUT2D eigenvalue weighted by atomic mass is 10.0. The second-order valence-electron chi connectivity index (χ2n) is 2.57. The van der Waals surface area contributed by atoms with Crippen molar-refractivity contribution in [2.24, 2.45) is 0 Å². The van der Waals surface area contributed by atoms with Crippen LogP contribution < -0.4 is 0 Å². The van der Waals surface area contributed by atoms with Gasteiger partial charge in [0.2, 0.25) is 0 Å². The summed E-state index contributed by atoms with van der Waals surface area (Å²) in [5, 5.41) is 0.788. The zero-order valence-electron chi connectivity index (χ0n) is 6.27. The zero-order valence-corrected chi connectivity index (χ0v) is 9.19. The van der Waals surface area contributed by atoms with Gasteiger partial charge in [0, 0.05) is 8.59 Å². The summed E-state index contributed by atoms with van der Waals surface area (Å²) in [6, 6.07) is 5.89. The highest BCUT2D eigenvalue weighted by atomic mass is 127. The summed E-state index contributed by atoms with van der Waals surface area (Å²) < 4.78 is 1.23. The fraction of sp³-hybridized carbons (Fsp3) is 0.222. The summed E-state index contributed by atoms with van der Waals surface area (Å²) in [5.41, 5.74) is 1.22. The van der Waals surface area contributed by atoms with Crippen molar-refractivity contribution in [2.45, 2.75) is 12.8 Å². The van der Waals surface area contributed by atoms with E-state index in [2.05, 4.69) is 36.4 Å². The third-order valence-corrected chi connectivity index (χ3v) is 2.71. The minimum absolute atomic E-state index is 0.306. The van der Waals surface area contributed by atoms with E-state index in [1.54, 1.807) is 0 Å². The van der Waals surface area contributed by atoms with Crippen LogP contribution in [0.15, 0.2) is 18.2 Å². The highest BCUT2D eigenvalue weighted by Crippen LogP contribution is 2.24. The third kappa shape index (κ3) is 2.34. The maximum Gasteiger partial charge on any atom is 0.0409 e. The van der Waals surface area contributed by atoms with Crippen molar-refractivity contribution in [3.05, 3.63) is 39.3 Å². The van der Waals surface area contributed by atoms with Crippen molar-refractivity contribution in [3.8, 4) is 0 Å². The molecule has 1 unspecified atom stereocenters. The van der Waals surface area contributed by atoms with Gasteiger partial charge < -0.3 is 0 Å². The zero-order chi connectivity index (χ0) is 8.43. The Balaban J connectivity index is 3.13. The monoisotopic (exact) mass is 279 g/mol. The Labute approximate surface area is 86.1 Å². The van der Waals surface area contributed by atoms with Crippen LogP contribution in [0.5, 0.6) is 0 Å². The van der Waals surface area contributed by atoms with Gasteiger partial charge in [0.05, 0.1) is 0 Å². The maximum absolute atomic E-state index is 5.83. The highest BCUT2D eigenvalue weighted by molar-refractivity contribution is 14.1. The number of hydrogen-bond donors (Lipinski definition) is 0. The van der Waals surface area contributed by atoms with E-state index < -0.39 is 0 Å². The molecule has 0 aliphatic rings. The van der Waals surface area contributed by atoms with Crippen LogP contribution >= 0.6 is 34.2 Å². The summed E-state index contributed by atoms with van der Waals surface area (Å²) in [7, 11) is 0. The fourth-order valence-corrected chi connectivity index (χ4v) is 1.94. The summed E-state index contributed by atoms with van der Waals surface area (Å²) in [4.78, 5) is 0. The summed E-state index contributed by atoms with van der Waals surface area (Å²) in [6.45, 7) is 6.01. The molecule has 0 aromatic heterocycles. The Kier molecular flexibility index (Phi) is 3.19. The summed E-state index contributed by atoms with van der Waals surface area (Å²) in [5.74, 6) is 0.306. The first-order valence-corrected chi connectivity index (χ1v) is 4.85. The molecule has 59 valence electrons. The van der Waals surface area contributed by atoms with E-state index in [4.69, 9.17) is 11.6 Å². The van der Waals surface area contributed by atoms with Gasteiger partial charge in [-0.15, -0.1) is 0 Å². The first-order chi connectivity index (χ1) is 5.11. The molecule has 2 heteroatoms. The number of halogens is 2. The Morgan fingerprint density at radius 3 is 2.64 bits per heavy atom. The van der Waals surface area contributed by atoms with Gasteiger partial charge in [-0.3, -0.25) is 0 Å². The molecule has 0 bridgehead atoms. The fourth-order valence-electron chi connectivity index (χ4n) is 0.892. The van der Waals surface area contributed by atoms with Gasteiger partial charge >= 0.3 is 0 Å². The molecule has 1 radical (unpaired) electrons. The van der Waals surface area contributed by atoms with Gasteiger partial charge in [-0.1, -0.05) is 18.5 Å². The first kappa shape index (κ1) is 9.33. The molecular weight excluding hydrogens is 270 g/mol.